The Morgan fingerprint density at radius 1 is 1.24 bits per heavy atom. The van der Waals surface area contributed by atoms with Crippen LogP contribution in [-0.2, 0) is 4.79 Å². The standard InChI is InChI=1S/C14H24N2O/c1-13(2,3)10-12(17)16-14(11-15)8-6-4-5-7-9-14/h4-10H2,1-3H3,(H,16,17). The summed E-state index contributed by atoms with van der Waals surface area (Å²) in [4.78, 5) is 11.9. The molecule has 1 amide bonds. The topological polar surface area (TPSA) is 52.9 Å². The highest BCUT2D eigenvalue weighted by Crippen LogP contribution is 2.27. The molecular weight excluding hydrogens is 212 g/mol. The highest BCUT2D eigenvalue weighted by molar-refractivity contribution is 5.77. The third-order valence-corrected chi connectivity index (χ3v) is 3.24. The van der Waals surface area contributed by atoms with Crippen molar-refractivity contribution in [2.75, 3.05) is 0 Å². The quantitative estimate of drug-likeness (QED) is 0.749. The molecule has 0 spiro atoms. The van der Waals surface area contributed by atoms with Crippen LogP contribution in [0.5, 0.6) is 0 Å². The van der Waals surface area contributed by atoms with E-state index < -0.39 is 5.54 Å². The van der Waals surface area contributed by atoms with E-state index in [0.717, 1.165) is 25.7 Å². The Hall–Kier alpha value is -1.04. The summed E-state index contributed by atoms with van der Waals surface area (Å²) in [6.07, 6.45) is 6.54. The molecule has 0 heterocycles. The van der Waals surface area contributed by atoms with Gasteiger partial charge in [-0.2, -0.15) is 5.26 Å². The zero-order valence-electron chi connectivity index (χ0n) is 11.3. The summed E-state index contributed by atoms with van der Waals surface area (Å²) in [5.74, 6) is 0.0148. The maximum Gasteiger partial charge on any atom is 0.221 e. The molecule has 17 heavy (non-hydrogen) atoms. The maximum atomic E-state index is 11.9. The molecule has 0 bridgehead atoms. The molecule has 0 saturated heterocycles. The molecule has 96 valence electrons. The van der Waals surface area contributed by atoms with Gasteiger partial charge in [0, 0.05) is 6.42 Å². The second-order valence-corrected chi connectivity index (χ2v) is 6.39. The van der Waals surface area contributed by atoms with Crippen molar-refractivity contribution in [1.29, 1.82) is 5.26 Å². The lowest BCUT2D eigenvalue weighted by Crippen LogP contribution is -2.47. The first-order valence-electron chi connectivity index (χ1n) is 6.59. The normalized spacial score (nSPS) is 20.1. The number of nitriles is 1. The SMILES string of the molecule is CC(C)(C)CC(=O)NC1(C#N)CCCCCC1. The molecule has 0 radical (unpaired) electrons. The van der Waals surface area contributed by atoms with Gasteiger partial charge in [-0.05, 0) is 18.3 Å². The lowest BCUT2D eigenvalue weighted by Gasteiger charge is -2.28. The molecule has 1 rings (SSSR count). The molecule has 1 aliphatic carbocycles. The zero-order valence-corrected chi connectivity index (χ0v) is 11.3. The van der Waals surface area contributed by atoms with Gasteiger partial charge in [-0.25, -0.2) is 0 Å². The fraction of sp³-hybridized carbons (Fsp3) is 0.857. The van der Waals surface area contributed by atoms with Gasteiger partial charge in [0.2, 0.25) is 5.91 Å². The van der Waals surface area contributed by atoms with Gasteiger partial charge in [-0.15, -0.1) is 0 Å². The second-order valence-electron chi connectivity index (χ2n) is 6.39. The van der Waals surface area contributed by atoms with E-state index in [-0.39, 0.29) is 11.3 Å². The van der Waals surface area contributed by atoms with Crippen molar-refractivity contribution < 1.29 is 4.79 Å². The number of amides is 1. The maximum absolute atomic E-state index is 11.9. The van der Waals surface area contributed by atoms with Crippen LogP contribution in [0, 0.1) is 16.7 Å². The number of nitrogens with one attached hydrogen (secondary N) is 1. The van der Waals surface area contributed by atoms with Crippen molar-refractivity contribution in [1.82, 2.24) is 5.32 Å². The number of hydrogen-bond acceptors (Lipinski definition) is 2. The first-order chi connectivity index (χ1) is 7.87. The predicted octanol–water partition coefficient (Wildman–Crippen LogP) is 3.16. The summed E-state index contributed by atoms with van der Waals surface area (Å²) in [7, 11) is 0. The molecule has 1 aliphatic rings. The second kappa shape index (κ2) is 5.53. The molecule has 0 aromatic heterocycles. The van der Waals surface area contributed by atoms with Gasteiger partial charge in [0.15, 0.2) is 0 Å². The largest absolute Gasteiger partial charge is 0.338 e. The van der Waals surface area contributed by atoms with E-state index in [9.17, 15) is 10.1 Å². The predicted molar refractivity (Wildman–Crippen MR) is 68.3 cm³/mol. The van der Waals surface area contributed by atoms with Crippen LogP contribution in [0.4, 0.5) is 0 Å². The number of hydrogen-bond donors (Lipinski definition) is 1. The van der Waals surface area contributed by atoms with E-state index in [4.69, 9.17) is 0 Å². The Morgan fingerprint density at radius 2 is 1.76 bits per heavy atom. The molecular formula is C14H24N2O. The van der Waals surface area contributed by atoms with Crippen molar-refractivity contribution in [2.24, 2.45) is 5.41 Å². The van der Waals surface area contributed by atoms with Gasteiger partial charge in [-0.1, -0.05) is 46.5 Å². The fourth-order valence-corrected chi connectivity index (χ4v) is 2.39. The number of rotatable bonds is 2. The monoisotopic (exact) mass is 236 g/mol. The lowest BCUT2D eigenvalue weighted by molar-refractivity contribution is -0.124. The number of carbonyl (C=O) groups is 1. The smallest absolute Gasteiger partial charge is 0.221 e. The number of carbonyl (C=O) groups excluding carboxylic acids is 1. The summed E-state index contributed by atoms with van der Waals surface area (Å²) in [5.41, 5.74) is -0.621. The van der Waals surface area contributed by atoms with Gasteiger partial charge in [0.25, 0.3) is 0 Å². The molecule has 3 heteroatoms. The van der Waals surface area contributed by atoms with Crippen LogP contribution < -0.4 is 5.32 Å². The molecule has 1 fully saturated rings. The Morgan fingerprint density at radius 3 is 2.18 bits per heavy atom. The third kappa shape index (κ3) is 4.77. The lowest BCUT2D eigenvalue weighted by atomic mass is 9.88. The minimum atomic E-state index is -0.598. The van der Waals surface area contributed by atoms with E-state index in [2.05, 4.69) is 11.4 Å². The van der Waals surface area contributed by atoms with Gasteiger partial charge in [-0.3, -0.25) is 4.79 Å². The summed E-state index contributed by atoms with van der Waals surface area (Å²) >= 11 is 0. The van der Waals surface area contributed by atoms with Gasteiger partial charge in [0.05, 0.1) is 6.07 Å². The van der Waals surface area contributed by atoms with E-state index >= 15 is 0 Å². The van der Waals surface area contributed by atoms with Crippen LogP contribution in [0.3, 0.4) is 0 Å². The molecule has 0 unspecified atom stereocenters. The summed E-state index contributed by atoms with van der Waals surface area (Å²) in [6.45, 7) is 6.12. The molecule has 0 aromatic carbocycles. The molecule has 1 N–H and O–H groups in total. The first kappa shape index (κ1) is 14.0. The molecule has 1 saturated carbocycles. The average molecular weight is 236 g/mol. The molecule has 0 aliphatic heterocycles. The zero-order chi connectivity index (χ0) is 12.9. The van der Waals surface area contributed by atoms with E-state index in [1.807, 2.05) is 20.8 Å². The van der Waals surface area contributed by atoms with Gasteiger partial charge < -0.3 is 5.32 Å². The van der Waals surface area contributed by atoms with Crippen molar-refractivity contribution in [3.8, 4) is 6.07 Å². The van der Waals surface area contributed by atoms with Crippen molar-refractivity contribution >= 4 is 5.91 Å². The van der Waals surface area contributed by atoms with Crippen molar-refractivity contribution in [2.45, 2.75) is 71.3 Å². The minimum absolute atomic E-state index is 0.0148. The van der Waals surface area contributed by atoms with Gasteiger partial charge in [0.1, 0.15) is 5.54 Å². The Labute approximate surface area is 105 Å². The van der Waals surface area contributed by atoms with Crippen LogP contribution >= 0.6 is 0 Å². The van der Waals surface area contributed by atoms with Crippen LogP contribution in [0.2, 0.25) is 0 Å². The summed E-state index contributed by atoms with van der Waals surface area (Å²) < 4.78 is 0. The highest BCUT2D eigenvalue weighted by Gasteiger charge is 2.33. The van der Waals surface area contributed by atoms with Crippen molar-refractivity contribution in [3.05, 3.63) is 0 Å². The Kier molecular flexibility index (Phi) is 4.56. The number of nitrogens with zero attached hydrogens (tertiary/aromatic N) is 1. The van der Waals surface area contributed by atoms with Gasteiger partial charge >= 0.3 is 0 Å². The summed E-state index contributed by atoms with van der Waals surface area (Å²) in [6, 6.07) is 2.34. The van der Waals surface area contributed by atoms with E-state index in [1.165, 1.54) is 12.8 Å². The van der Waals surface area contributed by atoms with Crippen LogP contribution in [-0.4, -0.2) is 11.4 Å². The average Bonchev–Trinajstić information content (AvgIpc) is 2.41. The van der Waals surface area contributed by atoms with E-state index in [1.54, 1.807) is 0 Å². The van der Waals surface area contributed by atoms with Crippen LogP contribution in [0.1, 0.15) is 65.7 Å². The Bertz CT molecular complexity index is 301. The van der Waals surface area contributed by atoms with E-state index in [0.29, 0.717) is 6.42 Å². The molecule has 0 aromatic rings. The molecule has 3 nitrogen and oxygen atoms in total. The fourth-order valence-electron chi connectivity index (χ4n) is 2.39. The van der Waals surface area contributed by atoms with Crippen LogP contribution in [0.15, 0.2) is 0 Å². The van der Waals surface area contributed by atoms with Crippen LogP contribution in [0.25, 0.3) is 0 Å². The third-order valence-electron chi connectivity index (χ3n) is 3.24. The Balaban J connectivity index is 2.62. The van der Waals surface area contributed by atoms with Crippen molar-refractivity contribution in [3.63, 3.8) is 0 Å². The highest BCUT2D eigenvalue weighted by atomic mass is 16.1. The minimum Gasteiger partial charge on any atom is -0.338 e. The summed E-state index contributed by atoms with van der Waals surface area (Å²) in [5, 5.41) is 12.3. The molecule has 0 atom stereocenters. The first-order valence-corrected chi connectivity index (χ1v) is 6.59.